The SMILES string of the molecule is C=CCCn1c(CNC2CC2)cnc1C. The van der Waals surface area contributed by atoms with E-state index >= 15 is 0 Å². The molecule has 0 amide bonds. The largest absolute Gasteiger partial charge is 0.331 e. The predicted octanol–water partition coefficient (Wildman–Crippen LogP) is 2.02. The van der Waals surface area contributed by atoms with Gasteiger partial charge in [0.25, 0.3) is 0 Å². The Labute approximate surface area is 91.2 Å². The lowest BCUT2D eigenvalue weighted by atomic mass is 10.3. The molecule has 1 saturated carbocycles. The summed E-state index contributed by atoms with van der Waals surface area (Å²) >= 11 is 0. The first-order valence-corrected chi connectivity index (χ1v) is 5.66. The van der Waals surface area contributed by atoms with E-state index < -0.39 is 0 Å². The van der Waals surface area contributed by atoms with Gasteiger partial charge in [-0.25, -0.2) is 4.98 Å². The summed E-state index contributed by atoms with van der Waals surface area (Å²) in [5, 5.41) is 3.52. The average Bonchev–Trinajstić information content (AvgIpc) is 2.99. The van der Waals surface area contributed by atoms with Crippen molar-refractivity contribution in [2.75, 3.05) is 0 Å². The monoisotopic (exact) mass is 205 g/mol. The highest BCUT2D eigenvalue weighted by molar-refractivity contribution is 5.05. The maximum absolute atomic E-state index is 4.36. The molecule has 0 saturated heterocycles. The van der Waals surface area contributed by atoms with Crippen molar-refractivity contribution in [2.24, 2.45) is 0 Å². The molecule has 0 spiro atoms. The van der Waals surface area contributed by atoms with Crippen molar-refractivity contribution >= 4 is 0 Å². The summed E-state index contributed by atoms with van der Waals surface area (Å²) in [7, 11) is 0. The van der Waals surface area contributed by atoms with E-state index in [0.29, 0.717) is 0 Å². The Morgan fingerprint density at radius 1 is 1.67 bits per heavy atom. The molecule has 0 aliphatic heterocycles. The molecule has 0 bridgehead atoms. The topological polar surface area (TPSA) is 29.9 Å². The number of aromatic nitrogens is 2. The Morgan fingerprint density at radius 2 is 2.47 bits per heavy atom. The van der Waals surface area contributed by atoms with Crippen LogP contribution < -0.4 is 5.32 Å². The number of nitrogens with one attached hydrogen (secondary N) is 1. The van der Waals surface area contributed by atoms with Crippen LogP contribution in [0.4, 0.5) is 0 Å². The van der Waals surface area contributed by atoms with Gasteiger partial charge in [-0.1, -0.05) is 6.08 Å². The molecular formula is C12H19N3. The molecular weight excluding hydrogens is 186 g/mol. The fourth-order valence-electron chi connectivity index (χ4n) is 1.72. The maximum Gasteiger partial charge on any atom is 0.105 e. The summed E-state index contributed by atoms with van der Waals surface area (Å²) in [6.45, 7) is 7.76. The second-order valence-corrected chi connectivity index (χ2v) is 4.18. The van der Waals surface area contributed by atoms with E-state index in [4.69, 9.17) is 0 Å². The third kappa shape index (κ3) is 2.69. The van der Waals surface area contributed by atoms with Crippen LogP contribution >= 0.6 is 0 Å². The molecule has 1 N–H and O–H groups in total. The number of allylic oxidation sites excluding steroid dienone is 1. The van der Waals surface area contributed by atoms with Crippen LogP contribution in [0.3, 0.4) is 0 Å². The third-order valence-corrected chi connectivity index (χ3v) is 2.84. The fourth-order valence-corrected chi connectivity index (χ4v) is 1.72. The van der Waals surface area contributed by atoms with Crippen LogP contribution in [0.5, 0.6) is 0 Å². The summed E-state index contributed by atoms with van der Waals surface area (Å²) in [4.78, 5) is 4.36. The highest BCUT2D eigenvalue weighted by Gasteiger charge is 2.20. The number of hydrogen-bond acceptors (Lipinski definition) is 2. The molecule has 1 aliphatic rings. The number of rotatable bonds is 6. The molecule has 82 valence electrons. The van der Waals surface area contributed by atoms with Crippen molar-refractivity contribution in [3.63, 3.8) is 0 Å². The number of nitrogens with zero attached hydrogens (tertiary/aromatic N) is 2. The minimum absolute atomic E-state index is 0.757. The van der Waals surface area contributed by atoms with Gasteiger partial charge in [0.05, 0.1) is 5.69 Å². The Bertz CT molecular complexity index is 337. The van der Waals surface area contributed by atoms with Crippen LogP contribution in [-0.2, 0) is 13.1 Å². The summed E-state index contributed by atoms with van der Waals surface area (Å²) in [6, 6.07) is 0.757. The standard InChI is InChI=1S/C12H19N3/c1-3-4-7-15-10(2)13-8-12(15)9-14-11-5-6-11/h3,8,11,14H,1,4-7,9H2,2H3. The smallest absolute Gasteiger partial charge is 0.105 e. The third-order valence-electron chi connectivity index (χ3n) is 2.84. The van der Waals surface area contributed by atoms with E-state index in [1.165, 1.54) is 18.5 Å². The van der Waals surface area contributed by atoms with Crippen LogP contribution in [0, 0.1) is 6.92 Å². The Hall–Kier alpha value is -1.09. The van der Waals surface area contributed by atoms with Gasteiger partial charge in [0.15, 0.2) is 0 Å². The molecule has 0 unspecified atom stereocenters. The molecule has 1 fully saturated rings. The number of aryl methyl sites for hydroxylation is 1. The van der Waals surface area contributed by atoms with Gasteiger partial charge in [0.2, 0.25) is 0 Å². The van der Waals surface area contributed by atoms with Crippen molar-refractivity contribution in [3.05, 3.63) is 30.4 Å². The van der Waals surface area contributed by atoms with Crippen LogP contribution in [0.15, 0.2) is 18.9 Å². The maximum atomic E-state index is 4.36. The number of hydrogen-bond donors (Lipinski definition) is 1. The molecule has 0 aromatic carbocycles. The summed E-state index contributed by atoms with van der Waals surface area (Å²) in [6.07, 6.45) is 7.61. The van der Waals surface area contributed by atoms with Crippen molar-refractivity contribution in [1.29, 1.82) is 0 Å². The zero-order valence-electron chi connectivity index (χ0n) is 9.37. The highest BCUT2D eigenvalue weighted by Crippen LogP contribution is 2.19. The van der Waals surface area contributed by atoms with Gasteiger partial charge in [-0.15, -0.1) is 6.58 Å². The molecule has 15 heavy (non-hydrogen) atoms. The normalized spacial score (nSPS) is 15.5. The summed E-state index contributed by atoms with van der Waals surface area (Å²) in [5.74, 6) is 1.10. The molecule has 1 heterocycles. The van der Waals surface area contributed by atoms with Crippen molar-refractivity contribution < 1.29 is 0 Å². The van der Waals surface area contributed by atoms with Gasteiger partial charge in [0.1, 0.15) is 5.82 Å². The van der Waals surface area contributed by atoms with Crippen LogP contribution in [0.25, 0.3) is 0 Å². The van der Waals surface area contributed by atoms with Gasteiger partial charge in [0, 0.05) is 25.3 Å². The molecule has 2 rings (SSSR count). The lowest BCUT2D eigenvalue weighted by Crippen LogP contribution is -2.18. The Balaban J connectivity index is 1.97. The molecule has 0 atom stereocenters. The lowest BCUT2D eigenvalue weighted by Gasteiger charge is -2.09. The van der Waals surface area contributed by atoms with Crippen LogP contribution in [0.2, 0.25) is 0 Å². The second kappa shape index (κ2) is 4.62. The van der Waals surface area contributed by atoms with Gasteiger partial charge in [-0.05, 0) is 26.2 Å². The first-order valence-electron chi connectivity index (χ1n) is 5.66. The van der Waals surface area contributed by atoms with Crippen LogP contribution in [-0.4, -0.2) is 15.6 Å². The first-order chi connectivity index (χ1) is 7.31. The van der Waals surface area contributed by atoms with Crippen molar-refractivity contribution in [3.8, 4) is 0 Å². The zero-order valence-corrected chi connectivity index (χ0v) is 9.37. The quantitative estimate of drug-likeness (QED) is 0.720. The molecule has 3 heteroatoms. The van der Waals surface area contributed by atoms with E-state index in [1.807, 2.05) is 12.3 Å². The first kappa shape index (κ1) is 10.4. The Kier molecular flexibility index (Phi) is 3.21. The fraction of sp³-hybridized carbons (Fsp3) is 0.583. The second-order valence-electron chi connectivity index (χ2n) is 4.18. The van der Waals surface area contributed by atoms with Gasteiger partial charge in [-0.2, -0.15) is 0 Å². The minimum atomic E-state index is 0.757. The van der Waals surface area contributed by atoms with Gasteiger partial charge >= 0.3 is 0 Å². The van der Waals surface area contributed by atoms with E-state index in [9.17, 15) is 0 Å². The lowest BCUT2D eigenvalue weighted by molar-refractivity contribution is 0.600. The summed E-state index contributed by atoms with van der Waals surface area (Å²) in [5.41, 5.74) is 1.29. The Morgan fingerprint density at radius 3 is 3.13 bits per heavy atom. The van der Waals surface area contributed by atoms with Crippen LogP contribution in [0.1, 0.15) is 30.8 Å². The van der Waals surface area contributed by atoms with Crippen molar-refractivity contribution in [2.45, 2.75) is 45.3 Å². The van der Waals surface area contributed by atoms with E-state index in [0.717, 1.165) is 31.4 Å². The highest BCUT2D eigenvalue weighted by atomic mass is 15.1. The number of imidazole rings is 1. The molecule has 1 aromatic rings. The van der Waals surface area contributed by atoms with E-state index in [1.54, 1.807) is 0 Å². The van der Waals surface area contributed by atoms with E-state index in [2.05, 4.69) is 28.4 Å². The molecule has 1 aromatic heterocycles. The van der Waals surface area contributed by atoms with Gasteiger partial charge < -0.3 is 9.88 Å². The molecule has 3 nitrogen and oxygen atoms in total. The van der Waals surface area contributed by atoms with E-state index in [-0.39, 0.29) is 0 Å². The summed E-state index contributed by atoms with van der Waals surface area (Å²) < 4.78 is 2.27. The minimum Gasteiger partial charge on any atom is -0.331 e. The molecule has 1 aliphatic carbocycles. The zero-order chi connectivity index (χ0) is 10.7. The van der Waals surface area contributed by atoms with Gasteiger partial charge in [-0.3, -0.25) is 0 Å². The van der Waals surface area contributed by atoms with Crippen molar-refractivity contribution in [1.82, 2.24) is 14.9 Å². The molecule has 0 radical (unpaired) electrons. The average molecular weight is 205 g/mol. The predicted molar refractivity (Wildman–Crippen MR) is 61.6 cm³/mol.